The fourth-order valence-corrected chi connectivity index (χ4v) is 5.92. The highest BCUT2D eigenvalue weighted by Gasteiger charge is 2.47. The van der Waals surface area contributed by atoms with Crippen molar-refractivity contribution < 1.29 is 15.0 Å². The SMILES string of the molecule is CC[C@]1(O)C[C@@H]2CN(CCc3c([nH]c4ccccc34)[C@](I)(C(=O)O)C2)C1. The summed E-state index contributed by atoms with van der Waals surface area (Å²) in [4.78, 5) is 18.1. The number of aliphatic carboxylic acids is 1. The second kappa shape index (κ2) is 6.49. The minimum absolute atomic E-state index is 0.166. The van der Waals surface area contributed by atoms with Gasteiger partial charge in [-0.3, -0.25) is 9.69 Å². The Morgan fingerprint density at radius 1 is 1.38 bits per heavy atom. The number of aromatic amines is 1. The maximum atomic E-state index is 12.4. The van der Waals surface area contributed by atoms with Crippen molar-refractivity contribution in [1.82, 2.24) is 9.88 Å². The minimum Gasteiger partial charge on any atom is -0.480 e. The molecule has 0 radical (unpaired) electrons. The molecule has 4 rings (SSSR count). The maximum Gasteiger partial charge on any atom is 0.325 e. The Morgan fingerprint density at radius 3 is 2.88 bits per heavy atom. The molecule has 3 N–H and O–H groups in total. The van der Waals surface area contributed by atoms with E-state index < -0.39 is 15.0 Å². The highest BCUT2D eigenvalue weighted by Crippen LogP contribution is 2.46. The van der Waals surface area contributed by atoms with Crippen molar-refractivity contribution >= 4 is 39.5 Å². The fraction of sp³-hybridized carbons (Fsp3) is 0.550. The number of fused-ring (bicyclic) bond motifs is 5. The number of carbonyl (C=O) groups is 1. The lowest BCUT2D eigenvalue weighted by Crippen LogP contribution is -2.52. The Labute approximate surface area is 166 Å². The zero-order valence-electron chi connectivity index (χ0n) is 15.0. The summed E-state index contributed by atoms with van der Waals surface area (Å²) in [6.45, 7) is 4.41. The Kier molecular flexibility index (Phi) is 4.56. The number of benzene rings is 1. The molecule has 1 fully saturated rings. The van der Waals surface area contributed by atoms with Crippen LogP contribution in [-0.4, -0.2) is 51.3 Å². The average Bonchev–Trinajstić information content (AvgIpc) is 2.99. The van der Waals surface area contributed by atoms with Crippen LogP contribution < -0.4 is 0 Å². The van der Waals surface area contributed by atoms with Crippen LogP contribution in [0.3, 0.4) is 0 Å². The molecular weight excluding hydrogens is 443 g/mol. The van der Waals surface area contributed by atoms with E-state index in [-0.39, 0.29) is 5.92 Å². The van der Waals surface area contributed by atoms with Gasteiger partial charge in [0.15, 0.2) is 3.42 Å². The molecular formula is C20H25IN2O3. The van der Waals surface area contributed by atoms with Gasteiger partial charge in [-0.25, -0.2) is 0 Å². The molecule has 2 bridgehead atoms. The number of carboxylic acids is 1. The molecule has 3 heterocycles. The first kappa shape index (κ1) is 18.3. The number of nitrogens with one attached hydrogen (secondary N) is 1. The summed E-state index contributed by atoms with van der Waals surface area (Å²) in [6, 6.07) is 8.08. The number of alkyl halides is 1. The highest BCUT2D eigenvalue weighted by atomic mass is 127. The van der Waals surface area contributed by atoms with Crippen LogP contribution in [0.5, 0.6) is 0 Å². The molecule has 0 amide bonds. The fourth-order valence-electron chi connectivity index (χ4n) is 4.84. The van der Waals surface area contributed by atoms with Crippen LogP contribution in [0.2, 0.25) is 0 Å². The number of nitrogens with zero attached hydrogens (tertiary/aromatic N) is 1. The predicted octanol–water partition coefficient (Wildman–Crippen LogP) is 3.29. The van der Waals surface area contributed by atoms with Gasteiger partial charge >= 0.3 is 5.97 Å². The Morgan fingerprint density at radius 2 is 2.15 bits per heavy atom. The number of H-pyrrole nitrogens is 1. The van der Waals surface area contributed by atoms with Gasteiger partial charge in [-0.1, -0.05) is 47.7 Å². The van der Waals surface area contributed by atoms with E-state index in [0.29, 0.717) is 25.8 Å². The first-order valence-electron chi connectivity index (χ1n) is 9.32. The number of piperidine rings is 1. The van der Waals surface area contributed by atoms with Gasteiger partial charge in [0.25, 0.3) is 0 Å². The monoisotopic (exact) mass is 468 g/mol. The Balaban J connectivity index is 1.85. The number of aliphatic hydroxyl groups is 1. The molecule has 4 atom stereocenters. The molecule has 1 aromatic carbocycles. The second-order valence-corrected chi connectivity index (χ2v) is 9.81. The number of rotatable bonds is 2. The molecule has 1 aromatic heterocycles. The van der Waals surface area contributed by atoms with Crippen LogP contribution in [0, 0.1) is 5.92 Å². The summed E-state index contributed by atoms with van der Waals surface area (Å²) in [6.07, 6.45) is 2.70. The highest BCUT2D eigenvalue weighted by molar-refractivity contribution is 14.1. The van der Waals surface area contributed by atoms with Crippen molar-refractivity contribution in [3.05, 3.63) is 35.5 Å². The predicted molar refractivity (Wildman–Crippen MR) is 110 cm³/mol. The van der Waals surface area contributed by atoms with Crippen LogP contribution >= 0.6 is 22.6 Å². The summed E-state index contributed by atoms with van der Waals surface area (Å²) in [7, 11) is 0. The van der Waals surface area contributed by atoms with E-state index in [0.717, 1.165) is 41.7 Å². The molecule has 1 saturated heterocycles. The van der Waals surface area contributed by atoms with E-state index in [4.69, 9.17) is 0 Å². The largest absolute Gasteiger partial charge is 0.480 e. The van der Waals surface area contributed by atoms with Gasteiger partial charge in [0.2, 0.25) is 0 Å². The first-order valence-corrected chi connectivity index (χ1v) is 10.4. The maximum absolute atomic E-state index is 12.4. The van der Waals surface area contributed by atoms with Gasteiger partial charge in [-0.05, 0) is 43.2 Å². The number of halogens is 1. The van der Waals surface area contributed by atoms with Gasteiger partial charge in [0.1, 0.15) is 0 Å². The Hall–Kier alpha value is -1.12. The van der Waals surface area contributed by atoms with E-state index in [9.17, 15) is 15.0 Å². The smallest absolute Gasteiger partial charge is 0.325 e. The normalized spacial score (nSPS) is 34.6. The summed E-state index contributed by atoms with van der Waals surface area (Å²) in [5, 5.41) is 22.2. The van der Waals surface area contributed by atoms with E-state index in [2.05, 4.69) is 38.5 Å². The molecule has 0 spiro atoms. The van der Waals surface area contributed by atoms with Gasteiger partial charge < -0.3 is 15.2 Å². The van der Waals surface area contributed by atoms with Crippen molar-refractivity contribution in [2.75, 3.05) is 19.6 Å². The van der Waals surface area contributed by atoms with E-state index >= 15 is 0 Å². The molecule has 26 heavy (non-hydrogen) atoms. The second-order valence-electron chi connectivity index (χ2n) is 7.97. The molecule has 0 aliphatic carbocycles. The summed E-state index contributed by atoms with van der Waals surface area (Å²) >= 11 is 2.13. The lowest BCUT2D eigenvalue weighted by molar-refractivity contribution is -0.140. The van der Waals surface area contributed by atoms with E-state index in [1.165, 1.54) is 0 Å². The molecule has 2 aliphatic heterocycles. The van der Waals surface area contributed by atoms with Crippen LogP contribution in [0.25, 0.3) is 10.9 Å². The topological polar surface area (TPSA) is 76.6 Å². The third-order valence-electron chi connectivity index (χ3n) is 6.16. The molecule has 1 unspecified atom stereocenters. The molecule has 140 valence electrons. The lowest BCUT2D eigenvalue weighted by Gasteiger charge is -2.43. The summed E-state index contributed by atoms with van der Waals surface area (Å²) < 4.78 is -1.00. The van der Waals surface area contributed by atoms with Crippen LogP contribution in [0.15, 0.2) is 24.3 Å². The van der Waals surface area contributed by atoms with Crippen molar-refractivity contribution in [1.29, 1.82) is 0 Å². The summed E-state index contributed by atoms with van der Waals surface area (Å²) in [5.41, 5.74) is 2.25. The number of aromatic nitrogens is 1. The number of carboxylic acid groups (broad SMARTS) is 1. The summed E-state index contributed by atoms with van der Waals surface area (Å²) in [5.74, 6) is -0.635. The molecule has 5 nitrogen and oxygen atoms in total. The van der Waals surface area contributed by atoms with Crippen molar-refractivity contribution in [2.24, 2.45) is 5.92 Å². The van der Waals surface area contributed by atoms with Gasteiger partial charge in [-0.15, -0.1) is 0 Å². The Bertz CT molecular complexity index is 851. The van der Waals surface area contributed by atoms with Gasteiger partial charge in [-0.2, -0.15) is 0 Å². The van der Waals surface area contributed by atoms with Crippen LogP contribution in [0.4, 0.5) is 0 Å². The van der Waals surface area contributed by atoms with Crippen LogP contribution in [0.1, 0.15) is 37.4 Å². The van der Waals surface area contributed by atoms with Gasteiger partial charge in [0.05, 0.1) is 5.60 Å². The quantitative estimate of drug-likeness (QED) is 0.467. The zero-order chi connectivity index (χ0) is 18.5. The van der Waals surface area contributed by atoms with Crippen LogP contribution in [-0.2, 0) is 14.6 Å². The van der Waals surface area contributed by atoms with E-state index in [1.807, 2.05) is 25.1 Å². The lowest BCUT2D eigenvalue weighted by atomic mass is 9.79. The molecule has 6 heteroatoms. The van der Waals surface area contributed by atoms with Gasteiger partial charge in [0, 0.05) is 36.2 Å². The van der Waals surface area contributed by atoms with Crippen molar-refractivity contribution in [2.45, 2.75) is 41.6 Å². The number of hydrogen-bond acceptors (Lipinski definition) is 3. The number of hydrogen-bond donors (Lipinski definition) is 3. The minimum atomic E-state index is -1.00. The standard InChI is InChI=1S/C20H25IN2O3/c1-2-19(26)9-13-10-20(21,18(24)25)17-15(7-8-23(11-13)12-19)14-5-3-4-6-16(14)22-17/h3-6,13,22,26H,2,7-12H2,1H3,(H,24,25)/t13-,19-,20-/m0/s1. The van der Waals surface area contributed by atoms with E-state index in [1.54, 1.807) is 0 Å². The third-order valence-corrected chi connectivity index (χ3v) is 7.60. The molecule has 2 aromatic rings. The third kappa shape index (κ3) is 2.96. The molecule has 0 saturated carbocycles. The van der Waals surface area contributed by atoms with Crippen molar-refractivity contribution in [3.8, 4) is 0 Å². The number of para-hydroxylation sites is 1. The first-order chi connectivity index (χ1) is 12.3. The zero-order valence-corrected chi connectivity index (χ0v) is 17.1. The van der Waals surface area contributed by atoms with Crippen molar-refractivity contribution in [3.63, 3.8) is 0 Å². The molecule has 2 aliphatic rings. The average molecular weight is 468 g/mol.